The second-order valence-electron chi connectivity index (χ2n) is 3.23. The Balaban J connectivity index is 0.00000121. The van der Waals surface area contributed by atoms with E-state index in [1.807, 2.05) is 38.1 Å². The maximum Gasteiger partial charge on any atom is 0.0409 e. The van der Waals surface area contributed by atoms with Gasteiger partial charge in [0, 0.05) is 10.6 Å². The van der Waals surface area contributed by atoms with Crippen LogP contribution in [0.25, 0.3) is 0 Å². The number of nitrogens with two attached hydrogens (primary N) is 1. The molecule has 0 bridgehead atoms. The van der Waals surface area contributed by atoms with E-state index in [4.69, 9.17) is 17.3 Å². The van der Waals surface area contributed by atoms with E-state index in [-0.39, 0.29) is 17.9 Å². The van der Waals surface area contributed by atoms with Gasteiger partial charge in [-0.15, -0.1) is 12.4 Å². The summed E-state index contributed by atoms with van der Waals surface area (Å²) < 4.78 is 0. The SMILES string of the molecule is CC(C)(N)c1cccc(Cl)c1.Cl. The van der Waals surface area contributed by atoms with Gasteiger partial charge >= 0.3 is 0 Å². The van der Waals surface area contributed by atoms with Gasteiger partial charge in [0.05, 0.1) is 0 Å². The van der Waals surface area contributed by atoms with Crippen LogP contribution >= 0.6 is 24.0 Å². The molecule has 2 N–H and O–H groups in total. The van der Waals surface area contributed by atoms with Gasteiger partial charge in [-0.1, -0.05) is 23.7 Å². The zero-order valence-electron chi connectivity index (χ0n) is 7.17. The summed E-state index contributed by atoms with van der Waals surface area (Å²) >= 11 is 5.80. The molecule has 1 nitrogen and oxygen atoms in total. The second kappa shape index (κ2) is 4.13. The van der Waals surface area contributed by atoms with Gasteiger partial charge in [0.15, 0.2) is 0 Å². The highest BCUT2D eigenvalue weighted by Crippen LogP contribution is 2.19. The molecule has 1 aromatic rings. The normalized spacial score (nSPS) is 10.7. The topological polar surface area (TPSA) is 26.0 Å². The number of hydrogen-bond donors (Lipinski definition) is 1. The van der Waals surface area contributed by atoms with Crippen LogP contribution in [0, 0.1) is 0 Å². The maximum absolute atomic E-state index is 5.87. The lowest BCUT2D eigenvalue weighted by Gasteiger charge is -2.18. The van der Waals surface area contributed by atoms with Crippen LogP contribution in [0.1, 0.15) is 19.4 Å². The Morgan fingerprint density at radius 3 is 2.25 bits per heavy atom. The molecule has 3 heteroatoms. The molecule has 0 fully saturated rings. The molecule has 0 atom stereocenters. The Hall–Kier alpha value is -0.240. The fraction of sp³-hybridized carbons (Fsp3) is 0.333. The van der Waals surface area contributed by atoms with Crippen LogP contribution in [-0.4, -0.2) is 0 Å². The zero-order valence-corrected chi connectivity index (χ0v) is 8.75. The lowest BCUT2D eigenvalue weighted by atomic mass is 9.96. The molecule has 0 aromatic heterocycles. The minimum Gasteiger partial charge on any atom is -0.322 e. The van der Waals surface area contributed by atoms with Crippen LogP contribution in [0.5, 0.6) is 0 Å². The maximum atomic E-state index is 5.87. The molecular weight excluding hydrogens is 193 g/mol. The van der Waals surface area contributed by atoms with E-state index in [1.165, 1.54) is 0 Å². The minimum atomic E-state index is -0.301. The van der Waals surface area contributed by atoms with Crippen molar-refractivity contribution in [2.75, 3.05) is 0 Å². The first-order valence-corrected chi connectivity index (χ1v) is 3.93. The molecule has 0 aliphatic rings. The molecule has 0 unspecified atom stereocenters. The Morgan fingerprint density at radius 1 is 1.33 bits per heavy atom. The highest BCUT2D eigenvalue weighted by molar-refractivity contribution is 6.30. The van der Waals surface area contributed by atoms with Crippen LogP contribution in [0.4, 0.5) is 0 Å². The van der Waals surface area contributed by atoms with Crippen LogP contribution in [-0.2, 0) is 5.54 Å². The van der Waals surface area contributed by atoms with E-state index in [9.17, 15) is 0 Å². The minimum absolute atomic E-state index is 0. The fourth-order valence-corrected chi connectivity index (χ4v) is 1.08. The molecule has 1 rings (SSSR count). The van der Waals surface area contributed by atoms with Gasteiger partial charge in [0.1, 0.15) is 0 Å². The third-order valence-corrected chi connectivity index (χ3v) is 1.80. The van der Waals surface area contributed by atoms with E-state index in [2.05, 4.69) is 0 Å². The van der Waals surface area contributed by atoms with Crippen molar-refractivity contribution in [1.82, 2.24) is 0 Å². The summed E-state index contributed by atoms with van der Waals surface area (Å²) in [6.07, 6.45) is 0. The van der Waals surface area contributed by atoms with Crippen molar-refractivity contribution in [1.29, 1.82) is 0 Å². The average Bonchev–Trinajstić information content (AvgIpc) is 1.86. The van der Waals surface area contributed by atoms with E-state index in [1.54, 1.807) is 0 Å². The van der Waals surface area contributed by atoms with Crippen LogP contribution < -0.4 is 5.73 Å². The smallest absolute Gasteiger partial charge is 0.0409 e. The summed E-state index contributed by atoms with van der Waals surface area (Å²) in [4.78, 5) is 0. The summed E-state index contributed by atoms with van der Waals surface area (Å²) in [5.41, 5.74) is 6.63. The third-order valence-electron chi connectivity index (χ3n) is 1.57. The molecule has 0 saturated heterocycles. The fourth-order valence-electron chi connectivity index (χ4n) is 0.889. The molecular formula is C9H13Cl2N. The average molecular weight is 206 g/mol. The monoisotopic (exact) mass is 205 g/mol. The largest absolute Gasteiger partial charge is 0.322 e. The first kappa shape index (κ1) is 11.8. The Bertz CT molecular complexity index is 253. The van der Waals surface area contributed by atoms with Crippen molar-refractivity contribution in [3.05, 3.63) is 34.9 Å². The zero-order chi connectivity index (χ0) is 8.48. The Morgan fingerprint density at radius 2 is 1.92 bits per heavy atom. The highest BCUT2D eigenvalue weighted by atomic mass is 35.5. The van der Waals surface area contributed by atoms with Crippen molar-refractivity contribution in [3.8, 4) is 0 Å². The summed E-state index contributed by atoms with van der Waals surface area (Å²) in [7, 11) is 0. The predicted octanol–water partition coefficient (Wildman–Crippen LogP) is 2.96. The van der Waals surface area contributed by atoms with E-state index < -0.39 is 0 Å². The van der Waals surface area contributed by atoms with Crippen molar-refractivity contribution < 1.29 is 0 Å². The van der Waals surface area contributed by atoms with Crippen LogP contribution in [0.2, 0.25) is 5.02 Å². The van der Waals surface area contributed by atoms with Gasteiger partial charge in [0.25, 0.3) is 0 Å². The summed E-state index contributed by atoms with van der Waals surface area (Å²) in [6, 6.07) is 7.62. The molecule has 0 aliphatic carbocycles. The molecule has 0 spiro atoms. The summed E-state index contributed by atoms with van der Waals surface area (Å²) in [6.45, 7) is 3.91. The number of halogens is 2. The Labute approximate surface area is 84.3 Å². The predicted molar refractivity (Wildman–Crippen MR) is 55.9 cm³/mol. The summed E-state index contributed by atoms with van der Waals surface area (Å²) in [5.74, 6) is 0. The molecule has 68 valence electrons. The van der Waals surface area contributed by atoms with E-state index in [0.717, 1.165) is 10.6 Å². The molecule has 0 aliphatic heterocycles. The second-order valence-corrected chi connectivity index (χ2v) is 3.67. The molecule has 0 radical (unpaired) electrons. The van der Waals surface area contributed by atoms with Gasteiger partial charge < -0.3 is 5.73 Å². The van der Waals surface area contributed by atoms with E-state index in [0.29, 0.717) is 0 Å². The van der Waals surface area contributed by atoms with Gasteiger partial charge in [-0.25, -0.2) is 0 Å². The standard InChI is InChI=1S/C9H12ClN.ClH/c1-9(2,11)7-4-3-5-8(10)6-7;/h3-6H,11H2,1-2H3;1H. The first-order valence-electron chi connectivity index (χ1n) is 3.55. The van der Waals surface area contributed by atoms with Gasteiger partial charge in [-0.05, 0) is 31.5 Å². The van der Waals surface area contributed by atoms with Crippen molar-refractivity contribution in [2.24, 2.45) is 5.73 Å². The first-order chi connectivity index (χ1) is 5.00. The van der Waals surface area contributed by atoms with Gasteiger partial charge in [-0.3, -0.25) is 0 Å². The lowest BCUT2D eigenvalue weighted by Crippen LogP contribution is -2.28. The van der Waals surface area contributed by atoms with Crippen molar-refractivity contribution in [2.45, 2.75) is 19.4 Å². The molecule has 1 aromatic carbocycles. The molecule has 12 heavy (non-hydrogen) atoms. The number of hydrogen-bond acceptors (Lipinski definition) is 1. The number of rotatable bonds is 1. The van der Waals surface area contributed by atoms with Crippen LogP contribution in [0.3, 0.4) is 0 Å². The summed E-state index contributed by atoms with van der Waals surface area (Å²) in [5, 5.41) is 0.737. The number of benzene rings is 1. The molecule has 0 saturated carbocycles. The Kier molecular flexibility index (Phi) is 4.04. The van der Waals surface area contributed by atoms with Crippen LogP contribution in [0.15, 0.2) is 24.3 Å². The quantitative estimate of drug-likeness (QED) is 0.750. The highest BCUT2D eigenvalue weighted by Gasteiger charge is 2.13. The van der Waals surface area contributed by atoms with Gasteiger partial charge in [0.2, 0.25) is 0 Å². The molecule has 0 heterocycles. The van der Waals surface area contributed by atoms with Crippen molar-refractivity contribution >= 4 is 24.0 Å². The van der Waals surface area contributed by atoms with Crippen molar-refractivity contribution in [3.63, 3.8) is 0 Å². The van der Waals surface area contributed by atoms with Gasteiger partial charge in [-0.2, -0.15) is 0 Å². The lowest BCUT2D eigenvalue weighted by molar-refractivity contribution is 0.554. The van der Waals surface area contributed by atoms with E-state index >= 15 is 0 Å². The molecule has 0 amide bonds. The third kappa shape index (κ3) is 3.02.